The lowest BCUT2D eigenvalue weighted by Gasteiger charge is -2.05. The molecule has 0 saturated carbocycles. The zero-order valence-electron chi connectivity index (χ0n) is 8.87. The summed E-state index contributed by atoms with van der Waals surface area (Å²) in [5, 5.41) is 2.89. The van der Waals surface area contributed by atoms with E-state index in [0.29, 0.717) is 4.83 Å². The normalized spacial score (nSPS) is 12.1. The maximum absolute atomic E-state index is 11.6. The third kappa shape index (κ3) is 4.98. The Morgan fingerprint density at radius 1 is 1.40 bits per heavy atom. The van der Waals surface area contributed by atoms with Crippen LogP contribution < -0.4 is 5.32 Å². The first-order valence-electron chi connectivity index (χ1n) is 5.17. The van der Waals surface area contributed by atoms with Crippen molar-refractivity contribution >= 4 is 21.8 Å². The van der Waals surface area contributed by atoms with E-state index in [2.05, 4.69) is 28.2 Å². The number of hydrogen-bond acceptors (Lipinski definition) is 1. The number of nitrogens with one attached hydrogen (secondary N) is 1. The summed E-state index contributed by atoms with van der Waals surface area (Å²) in [5.41, 5.74) is 0.726. The number of halogens is 1. The highest BCUT2D eigenvalue weighted by molar-refractivity contribution is 9.09. The van der Waals surface area contributed by atoms with Gasteiger partial charge in [0.15, 0.2) is 0 Å². The van der Waals surface area contributed by atoms with Gasteiger partial charge < -0.3 is 5.32 Å². The van der Waals surface area contributed by atoms with E-state index in [0.717, 1.165) is 24.9 Å². The predicted octanol–water partition coefficient (Wildman–Crippen LogP) is 2.98. The number of alkyl halides is 1. The van der Waals surface area contributed by atoms with Gasteiger partial charge in [-0.3, -0.25) is 4.79 Å². The van der Waals surface area contributed by atoms with Crippen LogP contribution in [-0.2, 0) is 0 Å². The van der Waals surface area contributed by atoms with Gasteiger partial charge in [0.05, 0.1) is 0 Å². The quantitative estimate of drug-likeness (QED) is 0.646. The van der Waals surface area contributed by atoms with Crippen LogP contribution in [0.2, 0.25) is 0 Å². The summed E-state index contributed by atoms with van der Waals surface area (Å²) in [4.78, 5) is 12.1. The molecule has 1 amide bonds. The van der Waals surface area contributed by atoms with Gasteiger partial charge in [-0.25, -0.2) is 0 Å². The van der Waals surface area contributed by atoms with Gasteiger partial charge in [0.25, 0.3) is 5.91 Å². The van der Waals surface area contributed by atoms with E-state index in [9.17, 15) is 4.79 Å². The molecule has 0 radical (unpaired) electrons. The monoisotopic (exact) mass is 269 g/mol. The lowest BCUT2D eigenvalue weighted by atomic mass is 10.2. The number of carbonyl (C=O) groups is 1. The van der Waals surface area contributed by atoms with E-state index in [1.807, 2.05) is 30.3 Å². The minimum atomic E-state index is 0.0119. The van der Waals surface area contributed by atoms with Gasteiger partial charge >= 0.3 is 0 Å². The first-order chi connectivity index (χ1) is 7.20. The average Bonchev–Trinajstić information content (AvgIpc) is 2.25. The number of benzene rings is 1. The highest BCUT2D eigenvalue weighted by atomic mass is 79.9. The Bertz CT molecular complexity index is 298. The molecule has 1 atom stereocenters. The molecule has 0 spiro atoms. The van der Waals surface area contributed by atoms with Gasteiger partial charge in [-0.1, -0.05) is 41.1 Å². The molecule has 0 heterocycles. The molecule has 3 heteroatoms. The number of carbonyl (C=O) groups excluding carboxylic acids is 1. The van der Waals surface area contributed by atoms with Gasteiger partial charge in [0, 0.05) is 16.9 Å². The topological polar surface area (TPSA) is 29.1 Å². The fourth-order valence-corrected chi connectivity index (χ4v) is 1.60. The van der Waals surface area contributed by atoms with Crippen LogP contribution in [0.3, 0.4) is 0 Å². The molecule has 0 bridgehead atoms. The van der Waals surface area contributed by atoms with Crippen molar-refractivity contribution in [1.29, 1.82) is 0 Å². The highest BCUT2D eigenvalue weighted by Gasteiger charge is 2.03. The van der Waals surface area contributed by atoms with Crippen LogP contribution in [0.15, 0.2) is 30.3 Å². The molecule has 0 saturated heterocycles. The summed E-state index contributed by atoms with van der Waals surface area (Å²) in [6.07, 6.45) is 2.08. The molecule has 1 unspecified atom stereocenters. The van der Waals surface area contributed by atoms with Gasteiger partial charge in [-0.2, -0.15) is 0 Å². The molecule has 0 aromatic heterocycles. The molecule has 0 aliphatic heterocycles. The second-order valence-electron chi connectivity index (χ2n) is 3.54. The summed E-state index contributed by atoms with van der Waals surface area (Å²) in [6, 6.07) is 9.29. The molecule has 1 rings (SSSR count). The molecule has 82 valence electrons. The fraction of sp³-hybridized carbons (Fsp3) is 0.417. The van der Waals surface area contributed by atoms with Crippen LogP contribution in [0.1, 0.15) is 30.1 Å². The largest absolute Gasteiger partial charge is 0.352 e. The maximum Gasteiger partial charge on any atom is 0.251 e. The fourth-order valence-electron chi connectivity index (χ4n) is 1.28. The second-order valence-corrected chi connectivity index (χ2v) is 5.11. The molecule has 1 N–H and O–H groups in total. The van der Waals surface area contributed by atoms with Crippen molar-refractivity contribution in [2.45, 2.75) is 24.6 Å². The predicted molar refractivity (Wildman–Crippen MR) is 66.4 cm³/mol. The molecule has 0 aliphatic carbocycles. The van der Waals surface area contributed by atoms with Crippen LogP contribution in [0.25, 0.3) is 0 Å². The lowest BCUT2D eigenvalue weighted by molar-refractivity contribution is 0.0953. The van der Waals surface area contributed by atoms with E-state index >= 15 is 0 Å². The van der Waals surface area contributed by atoms with Gasteiger partial charge in [-0.05, 0) is 25.0 Å². The summed E-state index contributed by atoms with van der Waals surface area (Å²) in [6.45, 7) is 2.85. The summed E-state index contributed by atoms with van der Waals surface area (Å²) >= 11 is 3.47. The molecular formula is C12H16BrNO. The first-order valence-corrected chi connectivity index (χ1v) is 6.09. The zero-order valence-corrected chi connectivity index (χ0v) is 10.5. The van der Waals surface area contributed by atoms with Crippen LogP contribution in [-0.4, -0.2) is 17.3 Å². The Labute approximate surface area is 99.2 Å². The zero-order chi connectivity index (χ0) is 11.1. The van der Waals surface area contributed by atoms with E-state index in [4.69, 9.17) is 0 Å². The Morgan fingerprint density at radius 2 is 2.07 bits per heavy atom. The molecule has 2 nitrogen and oxygen atoms in total. The van der Waals surface area contributed by atoms with Crippen molar-refractivity contribution in [2.24, 2.45) is 0 Å². The number of amides is 1. The molecule has 0 aliphatic rings. The molecule has 1 aromatic rings. The number of hydrogen-bond donors (Lipinski definition) is 1. The van der Waals surface area contributed by atoms with Crippen molar-refractivity contribution in [3.05, 3.63) is 35.9 Å². The van der Waals surface area contributed by atoms with Crippen molar-refractivity contribution in [2.75, 3.05) is 6.54 Å². The van der Waals surface area contributed by atoms with Crippen LogP contribution in [0.4, 0.5) is 0 Å². The van der Waals surface area contributed by atoms with Crippen molar-refractivity contribution in [1.82, 2.24) is 5.32 Å². The van der Waals surface area contributed by atoms with Crippen LogP contribution in [0.5, 0.6) is 0 Å². The Balaban J connectivity index is 2.25. The minimum absolute atomic E-state index is 0.0119. The van der Waals surface area contributed by atoms with Crippen molar-refractivity contribution in [3.8, 4) is 0 Å². The molecular weight excluding hydrogens is 254 g/mol. The number of rotatable bonds is 5. The van der Waals surface area contributed by atoms with E-state index < -0.39 is 0 Å². The first kappa shape index (κ1) is 12.2. The molecule has 15 heavy (non-hydrogen) atoms. The van der Waals surface area contributed by atoms with Crippen LogP contribution in [0, 0.1) is 0 Å². The summed E-state index contributed by atoms with van der Waals surface area (Å²) in [5.74, 6) is 0.0119. The van der Waals surface area contributed by atoms with Crippen LogP contribution >= 0.6 is 15.9 Å². The molecule has 0 fully saturated rings. The SMILES string of the molecule is CC(Br)CCCNC(=O)c1ccccc1. The maximum atomic E-state index is 11.6. The Morgan fingerprint density at radius 3 is 2.67 bits per heavy atom. The Hall–Kier alpha value is -0.830. The molecule has 1 aromatic carbocycles. The van der Waals surface area contributed by atoms with Gasteiger partial charge in [0.2, 0.25) is 0 Å². The summed E-state index contributed by atoms with van der Waals surface area (Å²) < 4.78 is 0. The average molecular weight is 270 g/mol. The minimum Gasteiger partial charge on any atom is -0.352 e. The van der Waals surface area contributed by atoms with E-state index in [1.165, 1.54) is 0 Å². The Kier molecular flexibility index (Phi) is 5.40. The van der Waals surface area contributed by atoms with Crippen molar-refractivity contribution in [3.63, 3.8) is 0 Å². The lowest BCUT2D eigenvalue weighted by Crippen LogP contribution is -2.24. The third-order valence-corrected chi connectivity index (χ3v) is 2.56. The van der Waals surface area contributed by atoms with E-state index in [-0.39, 0.29) is 5.91 Å². The third-order valence-electron chi connectivity index (χ3n) is 2.10. The van der Waals surface area contributed by atoms with Crippen molar-refractivity contribution < 1.29 is 4.79 Å². The standard InChI is InChI=1S/C12H16BrNO/c1-10(13)6-5-9-14-12(15)11-7-3-2-4-8-11/h2-4,7-8,10H,5-6,9H2,1H3,(H,14,15). The second kappa shape index (κ2) is 6.62. The smallest absolute Gasteiger partial charge is 0.251 e. The van der Waals surface area contributed by atoms with Gasteiger partial charge in [-0.15, -0.1) is 0 Å². The van der Waals surface area contributed by atoms with Gasteiger partial charge in [0.1, 0.15) is 0 Å². The highest BCUT2D eigenvalue weighted by Crippen LogP contribution is 2.05. The summed E-state index contributed by atoms with van der Waals surface area (Å²) in [7, 11) is 0. The van der Waals surface area contributed by atoms with E-state index in [1.54, 1.807) is 0 Å².